The molecule has 14 nitrogen and oxygen atoms in total. The second-order valence-electron chi connectivity index (χ2n) is 13.0. The number of rotatable bonds is 6. The minimum absolute atomic E-state index is 0.314. The number of alkyl halides is 3. The lowest BCUT2D eigenvalue weighted by Gasteiger charge is -2.16. The number of hydrogen-bond acceptors (Lipinski definition) is 11. The number of pyridine rings is 3. The number of nitrogens with one attached hydrogen (secondary N) is 3. The molecule has 0 aliphatic carbocycles. The van der Waals surface area contributed by atoms with E-state index in [9.17, 15) is 31.2 Å². The van der Waals surface area contributed by atoms with Crippen LogP contribution in [0.3, 0.4) is 0 Å². The second-order valence-corrected chi connectivity index (χ2v) is 14.6. The summed E-state index contributed by atoms with van der Waals surface area (Å²) >= 11 is 0. The predicted molar refractivity (Wildman–Crippen MR) is 224 cm³/mol. The maximum atomic E-state index is 13.2. The van der Waals surface area contributed by atoms with Gasteiger partial charge < -0.3 is 15.8 Å². The van der Waals surface area contributed by atoms with Gasteiger partial charge in [0.15, 0.2) is 0 Å². The molecule has 0 saturated heterocycles. The minimum Gasteiger partial charge on any atom is -0.410 e. The van der Waals surface area contributed by atoms with Gasteiger partial charge in [-0.25, -0.2) is 22.7 Å². The normalized spacial score (nSPS) is 12.6. The number of fused-ring (bicyclic) bond motifs is 3. The predicted octanol–water partition coefficient (Wildman–Crippen LogP) is 9.59. The number of hydrogen-bond donors (Lipinski definition) is 4. The number of urea groups is 1. The lowest BCUT2D eigenvalue weighted by Crippen LogP contribution is -2.35. The number of aromatic nitrogens is 3. The molecule has 18 heteroatoms. The zero-order valence-corrected chi connectivity index (χ0v) is 32.3. The van der Waals surface area contributed by atoms with E-state index in [1.807, 2.05) is 78.9 Å². The van der Waals surface area contributed by atoms with Gasteiger partial charge in [0.25, 0.3) is 10.0 Å². The summed E-state index contributed by atoms with van der Waals surface area (Å²) in [5, 5.41) is 13.7. The lowest BCUT2D eigenvalue weighted by atomic mass is 10.0. The van der Waals surface area contributed by atoms with E-state index < -0.39 is 44.4 Å². The largest absolute Gasteiger partial charge is 0.442 e. The van der Waals surface area contributed by atoms with Gasteiger partial charge >= 0.3 is 24.0 Å². The van der Waals surface area contributed by atoms with Gasteiger partial charge in [-0.1, -0.05) is 48.5 Å². The zero-order valence-electron chi connectivity index (χ0n) is 31.5. The number of nitrogens with zero attached hydrogens (tertiary/aromatic N) is 5. The minimum atomic E-state index is -4.80. The molecule has 0 bridgehead atoms. The highest BCUT2D eigenvalue weighted by Crippen LogP contribution is 2.52. The molecule has 8 aromatic rings. The third kappa shape index (κ3) is 9.67. The van der Waals surface area contributed by atoms with Crippen molar-refractivity contribution < 1.29 is 35.9 Å². The monoisotopic (exact) mass is 843 g/mol. The molecule has 0 saturated carbocycles. The highest BCUT2D eigenvalue weighted by atomic mass is 32.2. The fourth-order valence-corrected chi connectivity index (χ4v) is 6.89. The van der Waals surface area contributed by atoms with E-state index >= 15 is 0 Å². The summed E-state index contributed by atoms with van der Waals surface area (Å²) in [6.07, 6.45) is -0.276. The third-order valence-corrected chi connectivity index (χ3v) is 10.2. The Kier molecular flexibility index (Phi) is 11.8. The van der Waals surface area contributed by atoms with Crippen molar-refractivity contribution in [1.82, 2.24) is 19.7 Å². The van der Waals surface area contributed by atoms with Crippen LogP contribution in [0.5, 0.6) is 5.75 Å². The Morgan fingerprint density at radius 2 is 1.13 bits per heavy atom. The molecule has 0 atom stereocenters. The maximum Gasteiger partial charge on any atom is 0.442 e. The number of carbonyl (C=O) groups is 2. The Hall–Kier alpha value is -7.99. The van der Waals surface area contributed by atoms with Gasteiger partial charge in [0.2, 0.25) is 0 Å². The summed E-state index contributed by atoms with van der Waals surface area (Å²) < 4.78 is 71.5. The highest BCUT2D eigenvalue weighted by Gasteiger charge is 2.65. The van der Waals surface area contributed by atoms with Crippen LogP contribution in [0.25, 0.3) is 32.7 Å². The Morgan fingerprint density at radius 3 is 1.69 bits per heavy atom. The number of anilines is 3. The van der Waals surface area contributed by atoms with Crippen LogP contribution in [0.1, 0.15) is 5.56 Å². The zero-order chi connectivity index (χ0) is 43.0. The van der Waals surface area contributed by atoms with E-state index in [2.05, 4.69) is 35.8 Å². The Morgan fingerprint density at radius 1 is 0.607 bits per heavy atom. The van der Waals surface area contributed by atoms with Gasteiger partial charge in [-0.3, -0.25) is 20.3 Å². The van der Waals surface area contributed by atoms with Crippen LogP contribution in [-0.4, -0.2) is 41.7 Å². The van der Waals surface area contributed by atoms with E-state index in [0.717, 1.165) is 51.8 Å². The number of ether oxygens (including phenoxy) is 1. The fourth-order valence-electron chi connectivity index (χ4n) is 5.93. The number of nitrogens with two attached hydrogens (primary N) is 1. The number of nitrogen functional groups attached to an aromatic ring is 1. The van der Waals surface area contributed by atoms with Crippen molar-refractivity contribution in [3.63, 3.8) is 0 Å². The number of amides is 3. The van der Waals surface area contributed by atoms with Crippen molar-refractivity contribution in [3.8, 4) is 5.75 Å². The van der Waals surface area contributed by atoms with Gasteiger partial charge in [-0.05, 0) is 97.1 Å². The first kappa shape index (κ1) is 41.2. The van der Waals surface area contributed by atoms with Crippen LogP contribution < -0.4 is 25.8 Å². The first-order valence-electron chi connectivity index (χ1n) is 18.1. The summed E-state index contributed by atoms with van der Waals surface area (Å²) in [5.41, 5.74) is 6.63. The van der Waals surface area contributed by atoms with Crippen molar-refractivity contribution >= 4 is 71.9 Å². The lowest BCUT2D eigenvalue weighted by molar-refractivity contribution is -0.166. The molecule has 1 aliphatic heterocycles. The topological polar surface area (TPSA) is 203 Å². The first-order chi connectivity index (χ1) is 29.3. The van der Waals surface area contributed by atoms with Crippen molar-refractivity contribution in [2.24, 2.45) is 10.2 Å². The molecule has 3 aromatic heterocycles. The van der Waals surface area contributed by atoms with Crippen molar-refractivity contribution in [2.45, 2.75) is 16.7 Å². The molecular weight excluding hydrogens is 812 g/mol. The molecular formula is C43H32F3N9O5S. The van der Waals surface area contributed by atoms with Crippen LogP contribution in [0.2, 0.25) is 0 Å². The van der Waals surface area contributed by atoms with Gasteiger partial charge in [-0.15, -0.1) is 10.2 Å². The molecule has 0 radical (unpaired) electrons. The summed E-state index contributed by atoms with van der Waals surface area (Å²) in [4.78, 5) is 36.1. The smallest absolute Gasteiger partial charge is 0.410 e. The van der Waals surface area contributed by atoms with Crippen LogP contribution in [0, 0.1) is 0 Å². The second kappa shape index (κ2) is 17.5. The SMILES string of the molecule is Nc1cccc2ncccc12.O=C(Nc1cccc2ncccc12)NS(=O)(=O)c1cccc(C2(C(F)(F)F)N=N2)c1.O=C(Nc1cccc2ncccc12)Oc1ccccc1. The summed E-state index contributed by atoms with van der Waals surface area (Å²) in [5.74, 6) is 0.503. The van der Waals surface area contributed by atoms with Crippen molar-refractivity contribution in [2.75, 3.05) is 16.4 Å². The molecule has 5 N–H and O–H groups in total. The molecule has 0 fully saturated rings. The molecule has 3 amide bonds. The van der Waals surface area contributed by atoms with Gasteiger partial charge in [-0.2, -0.15) is 13.2 Å². The quantitative estimate of drug-likeness (QED) is 0.118. The summed E-state index contributed by atoms with van der Waals surface area (Å²) in [6, 6.07) is 39.0. The molecule has 1 aliphatic rings. The summed E-state index contributed by atoms with van der Waals surface area (Å²) in [6.45, 7) is 0. The van der Waals surface area contributed by atoms with E-state index in [4.69, 9.17) is 10.5 Å². The van der Waals surface area contributed by atoms with Gasteiger partial charge in [0.1, 0.15) is 5.75 Å². The number of benzene rings is 5. The number of para-hydroxylation sites is 1. The molecule has 0 spiro atoms. The molecule has 306 valence electrons. The maximum absolute atomic E-state index is 13.2. The number of halogens is 3. The van der Waals surface area contributed by atoms with E-state index in [1.165, 1.54) is 0 Å². The highest BCUT2D eigenvalue weighted by molar-refractivity contribution is 7.90. The van der Waals surface area contributed by atoms with E-state index in [0.29, 0.717) is 28.0 Å². The Balaban J connectivity index is 0.000000154. The van der Waals surface area contributed by atoms with Gasteiger partial charge in [0.05, 0.1) is 32.8 Å². The van der Waals surface area contributed by atoms with Crippen LogP contribution in [-0.2, 0) is 15.7 Å². The molecule has 9 rings (SSSR count). The average molecular weight is 844 g/mol. The number of sulfonamides is 1. The first-order valence-corrected chi connectivity index (χ1v) is 19.6. The molecule has 5 aromatic carbocycles. The van der Waals surface area contributed by atoms with E-state index in [-0.39, 0.29) is 0 Å². The molecule has 0 unspecified atom stereocenters. The average Bonchev–Trinajstić information content (AvgIpc) is 4.08. The third-order valence-electron chi connectivity index (χ3n) is 8.88. The Bertz CT molecular complexity index is 3010. The van der Waals surface area contributed by atoms with Crippen molar-refractivity contribution in [3.05, 3.63) is 170 Å². The molecule has 4 heterocycles. The van der Waals surface area contributed by atoms with Crippen molar-refractivity contribution in [1.29, 1.82) is 0 Å². The molecule has 61 heavy (non-hydrogen) atoms. The van der Waals surface area contributed by atoms with Gasteiger partial charge in [0, 0.05) is 46.0 Å². The van der Waals surface area contributed by atoms with Crippen LogP contribution in [0.15, 0.2) is 179 Å². The summed E-state index contributed by atoms with van der Waals surface area (Å²) in [7, 11) is -4.46. The number of carbonyl (C=O) groups excluding carboxylic acids is 2. The fraction of sp³-hybridized carbons (Fsp3) is 0.0465. The van der Waals surface area contributed by atoms with E-state index in [1.54, 1.807) is 65.8 Å². The Labute approximate surface area is 345 Å². The van der Waals surface area contributed by atoms with Crippen LogP contribution in [0.4, 0.5) is 39.8 Å². The standard InChI is InChI=1S/C18H12F3N5O3S.C16H12N2O2.C9H8N2/c19-18(20,21)17(25-26-17)11-4-1-5-12(10-11)30(28,29)24-16(27)23-15-8-2-7-14-13(15)6-3-9-22-14;19-16(20-12-6-2-1-3-7-12)18-15-10-4-9-14-13(15)8-5-11-17-14;10-8-4-1-5-9-7(8)3-2-6-11-9/h1-10H,(H2,23,24,27);1-11H,(H,18,19);1-6H,10H2. The van der Waals surface area contributed by atoms with Crippen LogP contribution >= 0.6 is 0 Å².